The monoisotopic (exact) mass is 244 g/mol. The summed E-state index contributed by atoms with van der Waals surface area (Å²) in [4.78, 5) is 14.1. The van der Waals surface area contributed by atoms with Crippen molar-refractivity contribution >= 4 is 5.91 Å². The molecule has 0 aliphatic heterocycles. The van der Waals surface area contributed by atoms with Crippen LogP contribution in [0.25, 0.3) is 0 Å². The molecule has 1 amide bonds. The Morgan fingerprint density at radius 1 is 1.39 bits per heavy atom. The molecule has 0 heterocycles. The van der Waals surface area contributed by atoms with Gasteiger partial charge in [-0.3, -0.25) is 4.79 Å². The molecule has 2 atom stereocenters. The van der Waals surface area contributed by atoms with Gasteiger partial charge in [-0.05, 0) is 18.9 Å². The Morgan fingerprint density at radius 3 is 2.50 bits per heavy atom. The van der Waals surface area contributed by atoms with E-state index in [0.717, 1.165) is 12.0 Å². The zero-order valence-electron chi connectivity index (χ0n) is 11.3. The van der Waals surface area contributed by atoms with E-state index >= 15 is 0 Å². The van der Waals surface area contributed by atoms with Crippen LogP contribution in [-0.2, 0) is 4.79 Å². The molecule has 0 radical (unpaired) electrons. The molecule has 0 N–H and O–H groups in total. The van der Waals surface area contributed by atoms with Gasteiger partial charge in [0, 0.05) is 13.1 Å². The maximum Gasteiger partial charge on any atom is 0.230 e. The zero-order chi connectivity index (χ0) is 13.5. The standard InChI is InChI=1S/C15H20N2O/c1-4-14(13-8-6-5-7-9-13)15(18)17(3)12(2)10-11-16/h5-9,12,14H,4,10H2,1-3H3. The fourth-order valence-corrected chi connectivity index (χ4v) is 1.97. The molecule has 1 aromatic rings. The first-order chi connectivity index (χ1) is 8.61. The minimum absolute atomic E-state index is 0.0414. The number of likely N-dealkylation sites (N-methyl/N-ethyl adjacent to an activating group) is 1. The van der Waals surface area contributed by atoms with E-state index < -0.39 is 0 Å². The summed E-state index contributed by atoms with van der Waals surface area (Å²) < 4.78 is 0. The van der Waals surface area contributed by atoms with Crippen molar-refractivity contribution in [1.82, 2.24) is 4.90 Å². The van der Waals surface area contributed by atoms with Gasteiger partial charge in [0.2, 0.25) is 5.91 Å². The normalized spacial score (nSPS) is 13.4. The number of benzene rings is 1. The van der Waals surface area contributed by atoms with Gasteiger partial charge in [0.15, 0.2) is 0 Å². The molecule has 18 heavy (non-hydrogen) atoms. The first-order valence-corrected chi connectivity index (χ1v) is 6.30. The van der Waals surface area contributed by atoms with Crippen molar-refractivity contribution in [2.45, 2.75) is 38.6 Å². The summed E-state index contributed by atoms with van der Waals surface area (Å²) in [6.45, 7) is 3.91. The van der Waals surface area contributed by atoms with Crippen LogP contribution in [0.1, 0.15) is 38.2 Å². The number of rotatable bonds is 5. The maximum absolute atomic E-state index is 12.4. The number of amides is 1. The molecule has 0 aliphatic carbocycles. The van der Waals surface area contributed by atoms with E-state index in [1.165, 1.54) is 0 Å². The molecule has 0 saturated carbocycles. The van der Waals surface area contributed by atoms with E-state index in [1.807, 2.05) is 44.2 Å². The third-order valence-corrected chi connectivity index (χ3v) is 3.30. The highest BCUT2D eigenvalue weighted by Gasteiger charge is 2.24. The van der Waals surface area contributed by atoms with Gasteiger partial charge in [0.05, 0.1) is 18.4 Å². The smallest absolute Gasteiger partial charge is 0.230 e. The van der Waals surface area contributed by atoms with E-state index in [0.29, 0.717) is 6.42 Å². The number of carbonyl (C=O) groups is 1. The second kappa shape index (κ2) is 6.80. The third-order valence-electron chi connectivity index (χ3n) is 3.30. The molecule has 0 spiro atoms. The third kappa shape index (κ3) is 3.33. The molecule has 1 aromatic carbocycles. The second-order valence-corrected chi connectivity index (χ2v) is 4.53. The van der Waals surface area contributed by atoms with Crippen molar-refractivity contribution in [3.63, 3.8) is 0 Å². The van der Waals surface area contributed by atoms with Gasteiger partial charge >= 0.3 is 0 Å². The van der Waals surface area contributed by atoms with E-state index in [-0.39, 0.29) is 17.9 Å². The largest absolute Gasteiger partial charge is 0.341 e. The van der Waals surface area contributed by atoms with Gasteiger partial charge in [-0.2, -0.15) is 5.26 Å². The summed E-state index contributed by atoms with van der Waals surface area (Å²) in [7, 11) is 1.77. The van der Waals surface area contributed by atoms with Crippen LogP contribution in [0.3, 0.4) is 0 Å². The van der Waals surface area contributed by atoms with E-state index in [2.05, 4.69) is 6.07 Å². The minimum atomic E-state index is -0.114. The Balaban J connectivity index is 2.84. The van der Waals surface area contributed by atoms with E-state index in [4.69, 9.17) is 5.26 Å². The fraction of sp³-hybridized carbons (Fsp3) is 0.467. The SMILES string of the molecule is CCC(C(=O)N(C)C(C)CC#N)c1ccccc1. The lowest BCUT2D eigenvalue weighted by molar-refractivity contribution is -0.133. The quantitative estimate of drug-likeness (QED) is 0.799. The van der Waals surface area contributed by atoms with E-state index in [9.17, 15) is 4.79 Å². The summed E-state index contributed by atoms with van der Waals surface area (Å²) in [5, 5.41) is 8.69. The van der Waals surface area contributed by atoms with Crippen molar-refractivity contribution in [3.8, 4) is 6.07 Å². The number of carbonyl (C=O) groups excluding carboxylic acids is 1. The highest BCUT2D eigenvalue weighted by Crippen LogP contribution is 2.22. The summed E-state index contributed by atoms with van der Waals surface area (Å²) in [5.74, 6) is -0.0243. The highest BCUT2D eigenvalue weighted by molar-refractivity contribution is 5.83. The summed E-state index contributed by atoms with van der Waals surface area (Å²) in [6.07, 6.45) is 1.14. The molecule has 1 rings (SSSR count). The van der Waals surface area contributed by atoms with Crippen LogP contribution in [0.2, 0.25) is 0 Å². The van der Waals surface area contributed by atoms with E-state index in [1.54, 1.807) is 11.9 Å². The Hall–Kier alpha value is -1.82. The molecule has 3 heteroatoms. The van der Waals surface area contributed by atoms with Crippen molar-refractivity contribution in [1.29, 1.82) is 5.26 Å². The average Bonchev–Trinajstić information content (AvgIpc) is 2.40. The van der Waals surface area contributed by atoms with Gasteiger partial charge in [-0.25, -0.2) is 0 Å². The minimum Gasteiger partial charge on any atom is -0.341 e. The van der Waals surface area contributed by atoms with Gasteiger partial charge in [-0.15, -0.1) is 0 Å². The predicted molar refractivity (Wildman–Crippen MR) is 71.9 cm³/mol. The van der Waals surface area contributed by atoms with Gasteiger partial charge in [-0.1, -0.05) is 37.3 Å². The van der Waals surface area contributed by atoms with Crippen molar-refractivity contribution in [2.24, 2.45) is 0 Å². The van der Waals surface area contributed by atoms with Crippen LogP contribution < -0.4 is 0 Å². The average molecular weight is 244 g/mol. The first kappa shape index (κ1) is 14.2. The topological polar surface area (TPSA) is 44.1 Å². The number of nitriles is 1. The molecule has 0 fully saturated rings. The lowest BCUT2D eigenvalue weighted by Crippen LogP contribution is -2.38. The summed E-state index contributed by atoms with van der Waals surface area (Å²) in [5.41, 5.74) is 1.04. The molecule has 2 unspecified atom stereocenters. The van der Waals surface area contributed by atoms with Crippen molar-refractivity contribution < 1.29 is 4.79 Å². The zero-order valence-corrected chi connectivity index (χ0v) is 11.3. The summed E-state index contributed by atoms with van der Waals surface area (Å²) in [6, 6.07) is 11.9. The second-order valence-electron chi connectivity index (χ2n) is 4.53. The molecular formula is C15H20N2O. The molecule has 0 bridgehead atoms. The van der Waals surface area contributed by atoms with Gasteiger partial charge in [0.25, 0.3) is 0 Å². The van der Waals surface area contributed by atoms with Crippen LogP contribution in [-0.4, -0.2) is 23.9 Å². The molecule has 0 aromatic heterocycles. The van der Waals surface area contributed by atoms with Crippen molar-refractivity contribution in [3.05, 3.63) is 35.9 Å². The Bertz CT molecular complexity index is 422. The number of nitrogens with zero attached hydrogens (tertiary/aromatic N) is 2. The van der Waals surface area contributed by atoms with Crippen LogP contribution in [0.4, 0.5) is 0 Å². The fourth-order valence-electron chi connectivity index (χ4n) is 1.97. The van der Waals surface area contributed by atoms with Crippen LogP contribution in [0.15, 0.2) is 30.3 Å². The highest BCUT2D eigenvalue weighted by atomic mass is 16.2. The predicted octanol–water partition coefficient (Wildman–Crippen LogP) is 2.94. The molecular weight excluding hydrogens is 224 g/mol. The van der Waals surface area contributed by atoms with Crippen LogP contribution in [0, 0.1) is 11.3 Å². The van der Waals surface area contributed by atoms with Crippen LogP contribution >= 0.6 is 0 Å². The number of hydrogen-bond acceptors (Lipinski definition) is 2. The lowest BCUT2D eigenvalue weighted by Gasteiger charge is -2.27. The Labute approximate surface area is 109 Å². The molecule has 3 nitrogen and oxygen atoms in total. The van der Waals surface area contributed by atoms with Crippen LogP contribution in [0.5, 0.6) is 0 Å². The summed E-state index contributed by atoms with van der Waals surface area (Å²) >= 11 is 0. The first-order valence-electron chi connectivity index (χ1n) is 6.30. The molecule has 0 aliphatic rings. The van der Waals surface area contributed by atoms with Gasteiger partial charge < -0.3 is 4.90 Å². The molecule has 0 saturated heterocycles. The Kier molecular flexibility index (Phi) is 5.38. The lowest BCUT2D eigenvalue weighted by atomic mass is 9.94. The number of hydrogen-bond donors (Lipinski definition) is 0. The maximum atomic E-state index is 12.4. The molecule has 96 valence electrons. The van der Waals surface area contributed by atoms with Crippen molar-refractivity contribution in [2.75, 3.05) is 7.05 Å². The Morgan fingerprint density at radius 2 is 2.00 bits per heavy atom. The van der Waals surface area contributed by atoms with Gasteiger partial charge in [0.1, 0.15) is 0 Å².